The molecule has 0 aromatic heterocycles. The van der Waals surface area contributed by atoms with Crippen LogP contribution in [0.15, 0.2) is 23.8 Å². The van der Waals surface area contributed by atoms with E-state index >= 15 is 0 Å². The standard InChI is InChI=1S/C15H20O2/c1-10-4-5-12-11(8-10)9-15(14(12,2)3)7-6-13(16)17-15/h6-8,11-12H,4-5,9H2,1-3H3. The molecule has 0 saturated heterocycles. The van der Waals surface area contributed by atoms with E-state index in [4.69, 9.17) is 4.74 Å². The summed E-state index contributed by atoms with van der Waals surface area (Å²) >= 11 is 0. The van der Waals surface area contributed by atoms with Crippen molar-refractivity contribution < 1.29 is 9.53 Å². The molecule has 0 N–H and O–H groups in total. The first kappa shape index (κ1) is 11.1. The van der Waals surface area contributed by atoms with Crippen LogP contribution in [0.4, 0.5) is 0 Å². The van der Waals surface area contributed by atoms with Gasteiger partial charge in [0, 0.05) is 11.5 Å². The van der Waals surface area contributed by atoms with Crippen LogP contribution in [0.5, 0.6) is 0 Å². The normalized spacial score (nSPS) is 42.5. The third-order valence-corrected chi connectivity index (χ3v) is 5.19. The molecule has 2 aliphatic carbocycles. The van der Waals surface area contributed by atoms with Crippen molar-refractivity contribution in [1.82, 2.24) is 0 Å². The molecule has 2 nitrogen and oxygen atoms in total. The van der Waals surface area contributed by atoms with E-state index in [1.165, 1.54) is 18.4 Å². The highest BCUT2D eigenvalue weighted by atomic mass is 16.6. The summed E-state index contributed by atoms with van der Waals surface area (Å²) < 4.78 is 5.67. The maximum Gasteiger partial charge on any atom is 0.331 e. The Kier molecular flexibility index (Phi) is 2.11. The monoisotopic (exact) mass is 232 g/mol. The van der Waals surface area contributed by atoms with Crippen LogP contribution in [0.25, 0.3) is 0 Å². The summed E-state index contributed by atoms with van der Waals surface area (Å²) in [6, 6.07) is 0. The van der Waals surface area contributed by atoms with Crippen molar-refractivity contribution in [3.8, 4) is 0 Å². The lowest BCUT2D eigenvalue weighted by Crippen LogP contribution is -2.42. The first-order valence-corrected chi connectivity index (χ1v) is 6.54. The highest BCUT2D eigenvalue weighted by Crippen LogP contribution is 2.60. The van der Waals surface area contributed by atoms with Crippen molar-refractivity contribution in [3.63, 3.8) is 0 Å². The van der Waals surface area contributed by atoms with E-state index in [1.807, 2.05) is 6.08 Å². The number of carbonyl (C=O) groups excluding carboxylic acids is 1. The number of hydrogen-bond acceptors (Lipinski definition) is 2. The topological polar surface area (TPSA) is 26.3 Å². The lowest BCUT2D eigenvalue weighted by Gasteiger charge is -2.40. The Morgan fingerprint density at radius 3 is 2.82 bits per heavy atom. The average molecular weight is 232 g/mol. The zero-order valence-corrected chi connectivity index (χ0v) is 10.8. The maximum atomic E-state index is 11.4. The quantitative estimate of drug-likeness (QED) is 0.473. The number of hydrogen-bond donors (Lipinski definition) is 0. The molecule has 3 aliphatic rings. The number of allylic oxidation sites excluding steroid dienone is 2. The minimum Gasteiger partial charge on any atom is -0.451 e. The third-order valence-electron chi connectivity index (χ3n) is 5.19. The average Bonchev–Trinajstić information content (AvgIpc) is 2.69. The van der Waals surface area contributed by atoms with Crippen LogP contribution in [0.1, 0.15) is 40.0 Å². The fraction of sp³-hybridized carbons (Fsp3) is 0.667. The van der Waals surface area contributed by atoms with Crippen molar-refractivity contribution in [1.29, 1.82) is 0 Å². The lowest BCUT2D eigenvalue weighted by molar-refractivity contribution is -0.153. The predicted octanol–water partition coefficient (Wildman–Crippen LogP) is 3.24. The zero-order valence-electron chi connectivity index (χ0n) is 10.8. The van der Waals surface area contributed by atoms with Gasteiger partial charge in [-0.25, -0.2) is 4.79 Å². The summed E-state index contributed by atoms with van der Waals surface area (Å²) in [4.78, 5) is 11.4. The summed E-state index contributed by atoms with van der Waals surface area (Å²) in [5.74, 6) is 1.05. The van der Waals surface area contributed by atoms with Crippen LogP contribution in [0, 0.1) is 17.3 Å². The van der Waals surface area contributed by atoms with Crippen LogP contribution in [-0.2, 0) is 9.53 Å². The molecule has 0 amide bonds. The van der Waals surface area contributed by atoms with Crippen molar-refractivity contribution >= 4 is 5.97 Å². The molecule has 17 heavy (non-hydrogen) atoms. The van der Waals surface area contributed by atoms with E-state index in [0.717, 1.165) is 6.42 Å². The van der Waals surface area contributed by atoms with Gasteiger partial charge in [-0.1, -0.05) is 25.5 Å². The van der Waals surface area contributed by atoms with Gasteiger partial charge in [-0.15, -0.1) is 0 Å². The molecule has 1 heterocycles. The number of fused-ring (bicyclic) bond motifs is 1. The van der Waals surface area contributed by atoms with Gasteiger partial charge < -0.3 is 4.74 Å². The highest BCUT2D eigenvalue weighted by molar-refractivity contribution is 5.85. The fourth-order valence-corrected chi connectivity index (χ4v) is 4.09. The molecule has 3 rings (SSSR count). The van der Waals surface area contributed by atoms with E-state index in [0.29, 0.717) is 11.8 Å². The molecule has 1 spiro atoms. The van der Waals surface area contributed by atoms with Crippen LogP contribution in [-0.4, -0.2) is 11.6 Å². The predicted molar refractivity (Wildman–Crippen MR) is 66.3 cm³/mol. The summed E-state index contributed by atoms with van der Waals surface area (Å²) in [5.41, 5.74) is 1.20. The summed E-state index contributed by atoms with van der Waals surface area (Å²) in [6.45, 7) is 6.73. The molecule has 0 aromatic carbocycles. The third kappa shape index (κ3) is 1.36. The minimum absolute atomic E-state index is 0.0531. The van der Waals surface area contributed by atoms with Crippen molar-refractivity contribution in [3.05, 3.63) is 23.8 Å². The SMILES string of the molecule is CC1=CC2CC3(C=CC(=O)O3)C(C)(C)C2CC1. The van der Waals surface area contributed by atoms with Crippen molar-refractivity contribution in [2.45, 2.75) is 45.6 Å². The fourth-order valence-electron chi connectivity index (χ4n) is 4.09. The van der Waals surface area contributed by atoms with Gasteiger partial charge in [-0.3, -0.25) is 0 Å². The molecule has 2 heteroatoms. The Morgan fingerprint density at radius 1 is 1.41 bits per heavy atom. The molecule has 0 radical (unpaired) electrons. The molecule has 0 bridgehead atoms. The van der Waals surface area contributed by atoms with E-state index in [-0.39, 0.29) is 17.0 Å². The Labute approximate surface area is 103 Å². The van der Waals surface area contributed by atoms with Gasteiger partial charge in [-0.05, 0) is 44.1 Å². The first-order valence-electron chi connectivity index (χ1n) is 6.54. The Hall–Kier alpha value is -1.05. The minimum atomic E-state index is -0.347. The van der Waals surface area contributed by atoms with E-state index < -0.39 is 0 Å². The first-order chi connectivity index (χ1) is 7.95. The molecular weight excluding hydrogens is 212 g/mol. The molecule has 1 aliphatic heterocycles. The second-order valence-corrected chi connectivity index (χ2v) is 6.39. The van der Waals surface area contributed by atoms with Gasteiger partial charge in [0.1, 0.15) is 5.60 Å². The van der Waals surface area contributed by atoms with Crippen LogP contribution in [0.3, 0.4) is 0 Å². The number of ether oxygens (including phenoxy) is 1. The summed E-state index contributed by atoms with van der Waals surface area (Å²) in [6.07, 6.45) is 9.41. The molecule has 0 aromatic rings. The molecule has 3 unspecified atom stereocenters. The molecule has 92 valence electrons. The second-order valence-electron chi connectivity index (χ2n) is 6.39. The van der Waals surface area contributed by atoms with Gasteiger partial charge in [0.25, 0.3) is 0 Å². The van der Waals surface area contributed by atoms with E-state index in [2.05, 4.69) is 26.8 Å². The summed E-state index contributed by atoms with van der Waals surface area (Å²) in [7, 11) is 0. The molecule has 3 atom stereocenters. The van der Waals surface area contributed by atoms with Crippen molar-refractivity contribution in [2.24, 2.45) is 17.3 Å². The zero-order chi connectivity index (χ0) is 12.3. The van der Waals surface area contributed by atoms with Crippen LogP contribution >= 0.6 is 0 Å². The van der Waals surface area contributed by atoms with Crippen LogP contribution < -0.4 is 0 Å². The largest absolute Gasteiger partial charge is 0.451 e. The molecule has 1 fully saturated rings. The Bertz CT molecular complexity index is 430. The van der Waals surface area contributed by atoms with E-state index in [9.17, 15) is 4.79 Å². The highest BCUT2D eigenvalue weighted by Gasteiger charge is 2.61. The Morgan fingerprint density at radius 2 is 2.18 bits per heavy atom. The maximum absolute atomic E-state index is 11.4. The van der Waals surface area contributed by atoms with Gasteiger partial charge in [0.05, 0.1) is 0 Å². The summed E-state index contributed by atoms with van der Waals surface area (Å²) in [5, 5.41) is 0. The van der Waals surface area contributed by atoms with Gasteiger partial charge >= 0.3 is 5.97 Å². The van der Waals surface area contributed by atoms with Gasteiger partial charge in [-0.2, -0.15) is 0 Å². The number of carbonyl (C=O) groups is 1. The van der Waals surface area contributed by atoms with E-state index in [1.54, 1.807) is 6.08 Å². The Balaban J connectivity index is 2.00. The lowest BCUT2D eigenvalue weighted by atomic mass is 9.68. The van der Waals surface area contributed by atoms with Crippen molar-refractivity contribution in [2.75, 3.05) is 0 Å². The van der Waals surface area contributed by atoms with Gasteiger partial charge in [0.15, 0.2) is 0 Å². The van der Waals surface area contributed by atoms with Crippen LogP contribution in [0.2, 0.25) is 0 Å². The number of esters is 1. The number of rotatable bonds is 0. The second kappa shape index (κ2) is 3.24. The molecular formula is C15H20O2. The van der Waals surface area contributed by atoms with Gasteiger partial charge in [0.2, 0.25) is 0 Å². The smallest absolute Gasteiger partial charge is 0.331 e. The molecule has 1 saturated carbocycles.